The van der Waals surface area contributed by atoms with Crippen molar-refractivity contribution >= 4 is 17.3 Å². The molecule has 0 saturated carbocycles. The SMILES string of the molecule is C[C@@H](CN[C@H](c1ccccc1)[C@H]1CNc2cccc(C#N)c2N1)c1ccc(F)c(CC(=O)O)c1. The van der Waals surface area contributed by atoms with Crippen molar-refractivity contribution < 1.29 is 14.3 Å². The number of hydrogen-bond acceptors (Lipinski definition) is 5. The predicted molar refractivity (Wildman–Crippen MR) is 130 cm³/mol. The molecule has 0 unspecified atom stereocenters. The van der Waals surface area contributed by atoms with Crippen LogP contribution in [-0.2, 0) is 11.2 Å². The molecule has 0 aromatic heterocycles. The maximum Gasteiger partial charge on any atom is 0.307 e. The van der Waals surface area contributed by atoms with Gasteiger partial charge in [-0.1, -0.05) is 55.5 Å². The molecule has 1 aliphatic rings. The van der Waals surface area contributed by atoms with Crippen LogP contribution in [0.5, 0.6) is 0 Å². The fourth-order valence-electron chi connectivity index (χ4n) is 4.38. The lowest BCUT2D eigenvalue weighted by Crippen LogP contribution is -2.45. The van der Waals surface area contributed by atoms with E-state index in [2.05, 4.69) is 34.2 Å². The number of nitrogens with one attached hydrogen (secondary N) is 3. The summed E-state index contributed by atoms with van der Waals surface area (Å²) in [5, 5.41) is 29.2. The van der Waals surface area contributed by atoms with E-state index in [0.29, 0.717) is 18.7 Å². The summed E-state index contributed by atoms with van der Waals surface area (Å²) in [6.45, 7) is 3.30. The Morgan fingerprint density at radius 2 is 1.97 bits per heavy atom. The van der Waals surface area contributed by atoms with Crippen molar-refractivity contribution in [2.24, 2.45) is 0 Å². The van der Waals surface area contributed by atoms with Gasteiger partial charge in [-0.15, -0.1) is 0 Å². The molecule has 0 amide bonds. The Labute approximate surface area is 198 Å². The van der Waals surface area contributed by atoms with Crippen LogP contribution in [0.4, 0.5) is 15.8 Å². The minimum Gasteiger partial charge on any atom is -0.481 e. The van der Waals surface area contributed by atoms with E-state index in [1.807, 2.05) is 37.3 Å². The number of nitrogens with zero attached hydrogens (tertiary/aromatic N) is 1. The Bertz CT molecular complexity index is 1210. The zero-order chi connectivity index (χ0) is 24.1. The van der Waals surface area contributed by atoms with E-state index in [1.54, 1.807) is 18.2 Å². The Hall–Kier alpha value is -3.89. The maximum absolute atomic E-state index is 14.0. The number of para-hydroxylation sites is 1. The summed E-state index contributed by atoms with van der Waals surface area (Å²) in [6.07, 6.45) is -0.342. The van der Waals surface area contributed by atoms with Gasteiger partial charge in [0.05, 0.1) is 35.4 Å². The van der Waals surface area contributed by atoms with Gasteiger partial charge in [-0.2, -0.15) is 5.26 Å². The number of rotatable bonds is 8. The van der Waals surface area contributed by atoms with Crippen LogP contribution in [0.15, 0.2) is 66.7 Å². The van der Waals surface area contributed by atoms with Crippen LogP contribution in [-0.4, -0.2) is 30.2 Å². The molecule has 1 heterocycles. The number of fused-ring (bicyclic) bond motifs is 1. The molecule has 6 nitrogen and oxygen atoms in total. The Balaban J connectivity index is 1.54. The van der Waals surface area contributed by atoms with Crippen molar-refractivity contribution in [1.82, 2.24) is 5.32 Å². The van der Waals surface area contributed by atoms with E-state index in [-0.39, 0.29) is 30.0 Å². The van der Waals surface area contributed by atoms with E-state index >= 15 is 0 Å². The van der Waals surface area contributed by atoms with Crippen LogP contribution in [0.3, 0.4) is 0 Å². The molecule has 0 fully saturated rings. The quantitative estimate of drug-likeness (QED) is 0.392. The number of halogens is 1. The second kappa shape index (κ2) is 10.4. The smallest absolute Gasteiger partial charge is 0.307 e. The van der Waals surface area contributed by atoms with Gasteiger partial charge >= 0.3 is 5.97 Å². The number of benzene rings is 3. The number of carboxylic acids is 1. The topological polar surface area (TPSA) is 97.2 Å². The van der Waals surface area contributed by atoms with Crippen molar-refractivity contribution in [2.45, 2.75) is 31.3 Å². The average Bonchev–Trinajstić information content (AvgIpc) is 2.85. The summed E-state index contributed by atoms with van der Waals surface area (Å²) in [4.78, 5) is 11.1. The second-order valence-electron chi connectivity index (χ2n) is 8.59. The molecule has 3 atom stereocenters. The van der Waals surface area contributed by atoms with E-state index < -0.39 is 11.8 Å². The highest BCUT2D eigenvalue weighted by molar-refractivity contribution is 5.77. The van der Waals surface area contributed by atoms with E-state index in [4.69, 9.17) is 5.11 Å². The zero-order valence-electron chi connectivity index (χ0n) is 18.9. The van der Waals surface area contributed by atoms with Gasteiger partial charge in [0.15, 0.2) is 0 Å². The number of nitriles is 1. The molecule has 4 N–H and O–H groups in total. The van der Waals surface area contributed by atoms with Crippen molar-refractivity contribution in [3.05, 3.63) is 94.8 Å². The summed E-state index contributed by atoms with van der Waals surface area (Å²) in [5.74, 6) is -1.53. The first-order chi connectivity index (χ1) is 16.5. The Morgan fingerprint density at radius 1 is 1.18 bits per heavy atom. The van der Waals surface area contributed by atoms with Gasteiger partial charge in [0.2, 0.25) is 0 Å². The monoisotopic (exact) mass is 458 g/mol. The van der Waals surface area contributed by atoms with Crippen molar-refractivity contribution in [3.8, 4) is 6.07 Å². The summed E-state index contributed by atoms with van der Waals surface area (Å²) < 4.78 is 14.0. The fraction of sp³-hybridized carbons (Fsp3) is 0.259. The van der Waals surface area contributed by atoms with Crippen molar-refractivity contribution in [3.63, 3.8) is 0 Å². The van der Waals surface area contributed by atoms with Gasteiger partial charge in [-0.05, 0) is 40.8 Å². The first-order valence-corrected chi connectivity index (χ1v) is 11.3. The van der Waals surface area contributed by atoms with Crippen LogP contribution in [0.25, 0.3) is 0 Å². The van der Waals surface area contributed by atoms with E-state index in [0.717, 1.165) is 22.5 Å². The lowest BCUT2D eigenvalue weighted by Gasteiger charge is -2.36. The number of hydrogen-bond donors (Lipinski definition) is 4. The van der Waals surface area contributed by atoms with Crippen molar-refractivity contribution in [2.75, 3.05) is 23.7 Å². The highest BCUT2D eigenvalue weighted by Gasteiger charge is 2.28. The molecule has 0 radical (unpaired) electrons. The molecule has 1 aliphatic heterocycles. The number of anilines is 2. The first kappa shape index (κ1) is 23.3. The molecule has 3 aromatic rings. The third-order valence-corrected chi connectivity index (χ3v) is 6.21. The number of carboxylic acid groups (broad SMARTS) is 1. The lowest BCUT2D eigenvalue weighted by molar-refractivity contribution is -0.136. The minimum absolute atomic E-state index is 0.0209. The maximum atomic E-state index is 14.0. The summed E-state index contributed by atoms with van der Waals surface area (Å²) in [5.41, 5.74) is 4.48. The molecule has 174 valence electrons. The van der Waals surface area contributed by atoms with Crippen LogP contribution in [0, 0.1) is 17.1 Å². The van der Waals surface area contributed by atoms with Crippen LogP contribution in [0.2, 0.25) is 0 Å². The predicted octanol–water partition coefficient (Wildman–Crippen LogP) is 4.67. The summed E-state index contributed by atoms with van der Waals surface area (Å²) in [6, 6.07) is 22.6. The second-order valence-corrected chi connectivity index (χ2v) is 8.59. The molecular formula is C27H27FN4O2. The Kier molecular flexibility index (Phi) is 7.09. The van der Waals surface area contributed by atoms with E-state index in [1.165, 1.54) is 6.07 Å². The first-order valence-electron chi connectivity index (χ1n) is 11.3. The highest BCUT2D eigenvalue weighted by Crippen LogP contribution is 2.33. The van der Waals surface area contributed by atoms with Crippen LogP contribution >= 0.6 is 0 Å². The standard InChI is InChI=1S/C27H27FN4O2/c1-17(19-10-11-22(28)21(12-19)13-25(33)34)15-31-26(18-6-3-2-4-7-18)24-16-30-23-9-5-8-20(14-29)27(23)32-24/h2-12,17,24,26,30-32H,13,15-16H2,1H3,(H,33,34)/t17-,24+,26+/m0/s1. The van der Waals surface area contributed by atoms with E-state index in [9.17, 15) is 14.4 Å². The number of aliphatic carboxylic acids is 1. The molecule has 4 rings (SSSR count). The molecule has 0 saturated heterocycles. The van der Waals surface area contributed by atoms with Gasteiger partial charge in [0, 0.05) is 13.1 Å². The molecular weight excluding hydrogens is 431 g/mol. The van der Waals surface area contributed by atoms with Gasteiger partial charge in [0.25, 0.3) is 0 Å². The molecule has 34 heavy (non-hydrogen) atoms. The molecule has 7 heteroatoms. The third-order valence-electron chi connectivity index (χ3n) is 6.21. The molecule has 0 spiro atoms. The number of carbonyl (C=O) groups is 1. The van der Waals surface area contributed by atoms with Crippen LogP contribution in [0.1, 0.15) is 41.1 Å². The van der Waals surface area contributed by atoms with Crippen LogP contribution < -0.4 is 16.0 Å². The Morgan fingerprint density at radius 3 is 2.71 bits per heavy atom. The average molecular weight is 459 g/mol. The van der Waals surface area contributed by atoms with Gasteiger partial charge < -0.3 is 21.1 Å². The zero-order valence-corrected chi connectivity index (χ0v) is 18.9. The van der Waals surface area contributed by atoms with Gasteiger partial charge in [-0.25, -0.2) is 4.39 Å². The largest absolute Gasteiger partial charge is 0.481 e. The molecule has 3 aromatic carbocycles. The summed E-state index contributed by atoms with van der Waals surface area (Å²) >= 11 is 0. The highest BCUT2D eigenvalue weighted by atomic mass is 19.1. The molecule has 0 aliphatic carbocycles. The lowest BCUT2D eigenvalue weighted by atomic mass is 9.94. The normalized spacial score (nSPS) is 16.3. The van der Waals surface area contributed by atoms with Gasteiger partial charge in [-0.3, -0.25) is 4.79 Å². The summed E-state index contributed by atoms with van der Waals surface area (Å²) in [7, 11) is 0. The van der Waals surface area contributed by atoms with Crippen molar-refractivity contribution in [1.29, 1.82) is 5.26 Å². The van der Waals surface area contributed by atoms with Gasteiger partial charge in [0.1, 0.15) is 11.9 Å². The third kappa shape index (κ3) is 5.19. The molecule has 0 bridgehead atoms. The fourth-order valence-corrected chi connectivity index (χ4v) is 4.38. The minimum atomic E-state index is -1.06.